The highest BCUT2D eigenvalue weighted by molar-refractivity contribution is 5.41. The van der Waals surface area contributed by atoms with Crippen molar-refractivity contribution in [1.29, 1.82) is 0 Å². The maximum Gasteiger partial charge on any atom is 0.147 e. The molecule has 0 unspecified atom stereocenters. The minimum Gasteiger partial charge on any atom is -0.496 e. The molecule has 136 valence electrons. The Morgan fingerprint density at radius 2 is 2.00 bits per heavy atom. The van der Waals surface area contributed by atoms with Crippen LogP contribution in [0.15, 0.2) is 6.20 Å². The number of hydrogen-bond acceptors (Lipinski definition) is 5. The Morgan fingerprint density at radius 3 is 2.68 bits per heavy atom. The van der Waals surface area contributed by atoms with Crippen molar-refractivity contribution < 1.29 is 4.74 Å². The average molecular weight is 343 g/mol. The van der Waals surface area contributed by atoms with E-state index in [0.29, 0.717) is 6.04 Å². The van der Waals surface area contributed by atoms with Gasteiger partial charge in [-0.3, -0.25) is 9.88 Å². The van der Waals surface area contributed by atoms with Gasteiger partial charge in [-0.25, -0.2) is 9.67 Å². The Hall–Kier alpha value is -1.95. The van der Waals surface area contributed by atoms with Crippen LogP contribution in [0, 0.1) is 27.7 Å². The molecule has 1 atom stereocenters. The molecule has 3 heterocycles. The summed E-state index contributed by atoms with van der Waals surface area (Å²) in [6.45, 7) is 11.0. The SMILES string of the molecule is COc1c(C)cnc(CN2CCCC[C@H]2Cn2nc(C)nc2C)c1C. The van der Waals surface area contributed by atoms with E-state index in [2.05, 4.69) is 26.9 Å². The molecule has 0 radical (unpaired) electrons. The lowest BCUT2D eigenvalue weighted by Crippen LogP contribution is -2.42. The Kier molecular flexibility index (Phi) is 5.37. The van der Waals surface area contributed by atoms with Crippen molar-refractivity contribution in [2.24, 2.45) is 0 Å². The molecule has 6 heteroatoms. The number of aryl methyl sites for hydroxylation is 3. The highest BCUT2D eigenvalue weighted by Gasteiger charge is 2.25. The molecule has 0 saturated carbocycles. The summed E-state index contributed by atoms with van der Waals surface area (Å²) in [6.07, 6.45) is 5.64. The van der Waals surface area contributed by atoms with Gasteiger partial charge in [-0.2, -0.15) is 5.10 Å². The molecule has 2 aromatic heterocycles. The van der Waals surface area contributed by atoms with Crippen molar-refractivity contribution in [3.8, 4) is 5.75 Å². The normalized spacial score (nSPS) is 18.5. The third kappa shape index (κ3) is 3.84. The largest absolute Gasteiger partial charge is 0.496 e. The first-order valence-corrected chi connectivity index (χ1v) is 9.10. The number of nitrogens with zero attached hydrogens (tertiary/aromatic N) is 5. The first kappa shape index (κ1) is 17.9. The molecule has 0 aromatic carbocycles. The molecule has 0 amide bonds. The van der Waals surface area contributed by atoms with Gasteiger partial charge in [-0.05, 0) is 47.1 Å². The van der Waals surface area contributed by atoms with E-state index in [0.717, 1.165) is 53.9 Å². The molecule has 0 spiro atoms. The van der Waals surface area contributed by atoms with Crippen molar-refractivity contribution in [2.45, 2.75) is 66.1 Å². The predicted molar refractivity (Wildman–Crippen MR) is 97.8 cm³/mol. The van der Waals surface area contributed by atoms with Gasteiger partial charge < -0.3 is 4.74 Å². The van der Waals surface area contributed by atoms with E-state index in [-0.39, 0.29) is 0 Å². The summed E-state index contributed by atoms with van der Waals surface area (Å²) in [5, 5.41) is 4.55. The third-order valence-electron chi connectivity index (χ3n) is 5.20. The quantitative estimate of drug-likeness (QED) is 0.835. The number of ether oxygens (including phenoxy) is 1. The van der Waals surface area contributed by atoms with E-state index in [1.165, 1.54) is 19.3 Å². The lowest BCUT2D eigenvalue weighted by atomic mass is 10.0. The molecule has 0 aliphatic carbocycles. The van der Waals surface area contributed by atoms with Crippen LogP contribution in [-0.2, 0) is 13.1 Å². The smallest absolute Gasteiger partial charge is 0.147 e. The number of aromatic nitrogens is 4. The van der Waals surface area contributed by atoms with Crippen LogP contribution >= 0.6 is 0 Å². The van der Waals surface area contributed by atoms with Crippen LogP contribution in [0.5, 0.6) is 5.75 Å². The highest BCUT2D eigenvalue weighted by atomic mass is 16.5. The zero-order chi connectivity index (χ0) is 18.0. The maximum atomic E-state index is 5.57. The van der Waals surface area contributed by atoms with Crippen LogP contribution in [0.2, 0.25) is 0 Å². The highest BCUT2D eigenvalue weighted by Crippen LogP contribution is 2.27. The summed E-state index contributed by atoms with van der Waals surface area (Å²) in [4.78, 5) is 11.7. The number of methoxy groups -OCH3 is 1. The zero-order valence-corrected chi connectivity index (χ0v) is 16.0. The summed E-state index contributed by atoms with van der Waals surface area (Å²) in [5.74, 6) is 2.80. The van der Waals surface area contributed by atoms with Gasteiger partial charge in [0.1, 0.15) is 17.4 Å². The van der Waals surface area contributed by atoms with E-state index < -0.39 is 0 Å². The van der Waals surface area contributed by atoms with Crippen molar-refractivity contribution in [3.05, 3.63) is 34.7 Å². The fourth-order valence-corrected chi connectivity index (χ4v) is 3.83. The van der Waals surface area contributed by atoms with Crippen LogP contribution in [-0.4, -0.2) is 44.3 Å². The first-order chi connectivity index (χ1) is 12.0. The van der Waals surface area contributed by atoms with Gasteiger partial charge in [0.25, 0.3) is 0 Å². The molecule has 1 aliphatic heterocycles. The average Bonchev–Trinajstić information content (AvgIpc) is 2.90. The summed E-state index contributed by atoms with van der Waals surface area (Å²) in [6, 6.07) is 0.474. The molecule has 25 heavy (non-hydrogen) atoms. The molecular formula is C19H29N5O. The maximum absolute atomic E-state index is 5.57. The van der Waals surface area contributed by atoms with Gasteiger partial charge in [-0.15, -0.1) is 0 Å². The topological polar surface area (TPSA) is 56.1 Å². The van der Waals surface area contributed by atoms with Crippen LogP contribution < -0.4 is 4.74 Å². The number of hydrogen-bond donors (Lipinski definition) is 0. The predicted octanol–water partition coefficient (Wildman–Crippen LogP) is 2.97. The Balaban J connectivity index is 1.79. The summed E-state index contributed by atoms with van der Waals surface area (Å²) in [5.41, 5.74) is 3.35. The molecule has 1 fully saturated rings. The fraction of sp³-hybridized carbons (Fsp3) is 0.632. The molecule has 2 aromatic rings. The fourth-order valence-electron chi connectivity index (χ4n) is 3.83. The molecular weight excluding hydrogens is 314 g/mol. The van der Waals surface area contributed by atoms with E-state index in [4.69, 9.17) is 4.74 Å². The third-order valence-corrected chi connectivity index (χ3v) is 5.20. The minimum atomic E-state index is 0.474. The zero-order valence-electron chi connectivity index (χ0n) is 16.0. The van der Waals surface area contributed by atoms with Gasteiger partial charge in [0.15, 0.2) is 0 Å². The minimum absolute atomic E-state index is 0.474. The molecule has 0 bridgehead atoms. The van der Waals surface area contributed by atoms with Gasteiger partial charge in [0.05, 0.1) is 19.3 Å². The van der Waals surface area contributed by atoms with Gasteiger partial charge in [0, 0.05) is 29.9 Å². The van der Waals surface area contributed by atoms with Crippen molar-refractivity contribution in [2.75, 3.05) is 13.7 Å². The second-order valence-corrected chi connectivity index (χ2v) is 7.05. The summed E-state index contributed by atoms with van der Waals surface area (Å²) in [7, 11) is 1.73. The standard InChI is InChI=1S/C19H29N5O/c1-13-10-20-18(14(2)19(13)25-5)12-23-9-7-6-8-17(23)11-24-16(4)21-15(3)22-24/h10,17H,6-9,11-12H2,1-5H3/t17-/m0/s1. The van der Waals surface area contributed by atoms with Crippen LogP contribution in [0.3, 0.4) is 0 Å². The van der Waals surface area contributed by atoms with Crippen LogP contribution in [0.1, 0.15) is 47.7 Å². The van der Waals surface area contributed by atoms with E-state index in [1.807, 2.05) is 31.6 Å². The number of piperidine rings is 1. The van der Waals surface area contributed by atoms with Gasteiger partial charge in [-0.1, -0.05) is 6.42 Å². The van der Waals surface area contributed by atoms with Gasteiger partial charge >= 0.3 is 0 Å². The van der Waals surface area contributed by atoms with E-state index in [1.54, 1.807) is 7.11 Å². The Morgan fingerprint density at radius 1 is 1.20 bits per heavy atom. The monoisotopic (exact) mass is 343 g/mol. The second kappa shape index (κ2) is 7.52. The van der Waals surface area contributed by atoms with Crippen LogP contribution in [0.4, 0.5) is 0 Å². The Bertz CT molecular complexity index is 740. The first-order valence-electron chi connectivity index (χ1n) is 9.10. The summed E-state index contributed by atoms with van der Waals surface area (Å²) < 4.78 is 7.62. The van der Waals surface area contributed by atoms with Crippen molar-refractivity contribution >= 4 is 0 Å². The lowest BCUT2D eigenvalue weighted by molar-refractivity contribution is 0.119. The van der Waals surface area contributed by atoms with Crippen molar-refractivity contribution in [1.82, 2.24) is 24.6 Å². The molecule has 6 nitrogen and oxygen atoms in total. The number of pyridine rings is 1. The second-order valence-electron chi connectivity index (χ2n) is 7.05. The lowest BCUT2D eigenvalue weighted by Gasteiger charge is -2.36. The van der Waals surface area contributed by atoms with Gasteiger partial charge in [0.2, 0.25) is 0 Å². The number of likely N-dealkylation sites (tertiary alicyclic amines) is 1. The molecule has 3 rings (SSSR count). The molecule has 1 aliphatic rings. The Labute approximate surface area is 150 Å². The number of rotatable bonds is 5. The van der Waals surface area contributed by atoms with E-state index >= 15 is 0 Å². The van der Waals surface area contributed by atoms with Crippen molar-refractivity contribution in [3.63, 3.8) is 0 Å². The van der Waals surface area contributed by atoms with E-state index in [9.17, 15) is 0 Å². The van der Waals surface area contributed by atoms with Crippen LogP contribution in [0.25, 0.3) is 0 Å². The molecule has 1 saturated heterocycles. The molecule has 0 N–H and O–H groups in total. The summed E-state index contributed by atoms with van der Waals surface area (Å²) >= 11 is 0.